The van der Waals surface area contributed by atoms with Crippen molar-refractivity contribution in [2.45, 2.75) is 6.92 Å². The second-order valence-corrected chi connectivity index (χ2v) is 5.97. The zero-order valence-electron chi connectivity index (χ0n) is 11.8. The summed E-state index contributed by atoms with van der Waals surface area (Å²) in [5, 5.41) is 15.1. The predicted molar refractivity (Wildman–Crippen MR) is 90.1 cm³/mol. The van der Waals surface area contributed by atoms with Crippen molar-refractivity contribution in [2.75, 3.05) is 0 Å². The van der Waals surface area contributed by atoms with Gasteiger partial charge in [-0.15, -0.1) is 11.3 Å². The molecule has 3 rings (SSSR count). The first-order valence-electron chi connectivity index (χ1n) is 6.49. The fourth-order valence-electron chi connectivity index (χ4n) is 2.14. The molecule has 3 aromatic rings. The number of benzene rings is 1. The number of nitrogens with one attached hydrogen (secondary N) is 1. The molecule has 0 spiro atoms. The topological polar surface area (TPSA) is 89.5 Å². The highest BCUT2D eigenvalue weighted by atomic mass is 32.1. The molecule has 0 aliphatic heterocycles. The summed E-state index contributed by atoms with van der Waals surface area (Å²) in [6, 6.07) is 5.33. The van der Waals surface area contributed by atoms with Gasteiger partial charge in [0, 0.05) is 29.3 Å². The second kappa shape index (κ2) is 5.86. The van der Waals surface area contributed by atoms with E-state index in [2.05, 4.69) is 10.3 Å². The Morgan fingerprint density at radius 2 is 2.09 bits per heavy atom. The molecule has 2 aromatic heterocycles. The van der Waals surface area contributed by atoms with E-state index in [0.717, 1.165) is 10.7 Å². The van der Waals surface area contributed by atoms with E-state index >= 15 is 0 Å². The Kier molecular flexibility index (Phi) is 3.89. The highest BCUT2D eigenvalue weighted by Crippen LogP contribution is 2.17. The Labute approximate surface area is 139 Å². The van der Waals surface area contributed by atoms with E-state index in [9.17, 15) is 14.9 Å². The highest BCUT2D eigenvalue weighted by molar-refractivity contribution is 7.80. The van der Waals surface area contributed by atoms with Crippen LogP contribution in [0.15, 0.2) is 35.8 Å². The Balaban J connectivity index is 1.82. The minimum absolute atomic E-state index is 0.0734. The molecule has 23 heavy (non-hydrogen) atoms. The number of amides is 1. The number of rotatable bonds is 3. The first-order chi connectivity index (χ1) is 11.0. The zero-order chi connectivity index (χ0) is 16.6. The average Bonchev–Trinajstić information content (AvgIpc) is 3.06. The Bertz CT molecular complexity index is 927. The van der Waals surface area contributed by atoms with Crippen LogP contribution in [0.4, 0.5) is 5.69 Å². The van der Waals surface area contributed by atoms with Gasteiger partial charge in [0.15, 0.2) is 4.96 Å². The van der Waals surface area contributed by atoms with E-state index in [1.807, 2.05) is 22.9 Å². The van der Waals surface area contributed by atoms with Gasteiger partial charge in [0.25, 0.3) is 11.6 Å². The number of hydrogen-bond acceptors (Lipinski definition) is 6. The molecule has 1 amide bonds. The van der Waals surface area contributed by atoms with Gasteiger partial charge in [0.1, 0.15) is 10.7 Å². The third-order valence-corrected chi connectivity index (χ3v) is 4.27. The van der Waals surface area contributed by atoms with Crippen molar-refractivity contribution in [3.63, 3.8) is 0 Å². The van der Waals surface area contributed by atoms with Crippen LogP contribution in [0.1, 0.15) is 21.7 Å². The summed E-state index contributed by atoms with van der Waals surface area (Å²) < 4.78 is 1.82. The minimum atomic E-state index is -0.519. The number of nitro benzene ring substituents is 1. The van der Waals surface area contributed by atoms with E-state index in [0.29, 0.717) is 11.3 Å². The number of aromatic nitrogens is 2. The van der Waals surface area contributed by atoms with Gasteiger partial charge in [-0.3, -0.25) is 19.3 Å². The molecular weight excluding hydrogens is 336 g/mol. The van der Waals surface area contributed by atoms with Crippen LogP contribution in [0.25, 0.3) is 4.96 Å². The molecule has 0 aliphatic carbocycles. The lowest BCUT2D eigenvalue weighted by atomic mass is 10.2. The van der Waals surface area contributed by atoms with Crippen molar-refractivity contribution in [1.82, 2.24) is 14.7 Å². The summed E-state index contributed by atoms with van der Waals surface area (Å²) in [5.74, 6) is -0.422. The average molecular weight is 346 g/mol. The molecule has 0 bridgehead atoms. The number of hydrogen-bond donors (Lipinski definition) is 1. The number of fused-ring (bicyclic) bond motifs is 1. The third-order valence-electron chi connectivity index (χ3n) is 3.22. The van der Waals surface area contributed by atoms with E-state index in [1.54, 1.807) is 0 Å². The second-order valence-electron chi connectivity index (χ2n) is 4.69. The van der Waals surface area contributed by atoms with Gasteiger partial charge in [-0.2, -0.15) is 0 Å². The Morgan fingerprint density at radius 3 is 2.74 bits per heavy atom. The Hall–Kier alpha value is -2.65. The molecule has 116 valence electrons. The van der Waals surface area contributed by atoms with Crippen LogP contribution in [0.5, 0.6) is 0 Å². The highest BCUT2D eigenvalue weighted by Gasteiger charge is 2.17. The number of aryl methyl sites for hydroxylation is 1. The fourth-order valence-corrected chi connectivity index (χ4v) is 3.23. The maximum Gasteiger partial charge on any atom is 0.269 e. The lowest BCUT2D eigenvalue weighted by Crippen LogP contribution is -2.30. The van der Waals surface area contributed by atoms with Gasteiger partial charge in [0.2, 0.25) is 0 Å². The third kappa shape index (κ3) is 2.83. The van der Waals surface area contributed by atoms with Crippen molar-refractivity contribution in [3.8, 4) is 0 Å². The zero-order valence-corrected chi connectivity index (χ0v) is 13.5. The molecule has 0 saturated carbocycles. The summed E-state index contributed by atoms with van der Waals surface area (Å²) >= 11 is 6.78. The van der Waals surface area contributed by atoms with Crippen molar-refractivity contribution in [3.05, 3.63) is 62.9 Å². The SMILES string of the molecule is Cc1nc2sccn2c1C(=S)NC(=O)c1ccc([N+](=O)[O-])cc1. The lowest BCUT2D eigenvalue weighted by molar-refractivity contribution is -0.384. The molecule has 1 N–H and O–H groups in total. The van der Waals surface area contributed by atoms with Gasteiger partial charge >= 0.3 is 0 Å². The molecule has 1 aromatic carbocycles. The fraction of sp³-hybridized carbons (Fsp3) is 0.0714. The molecule has 0 radical (unpaired) electrons. The summed E-state index contributed by atoms with van der Waals surface area (Å²) in [6.07, 6.45) is 1.83. The van der Waals surface area contributed by atoms with Crippen LogP contribution in [-0.4, -0.2) is 25.2 Å². The number of carbonyl (C=O) groups is 1. The van der Waals surface area contributed by atoms with Crippen LogP contribution < -0.4 is 5.32 Å². The minimum Gasteiger partial charge on any atom is -0.311 e. The monoisotopic (exact) mass is 346 g/mol. The van der Waals surface area contributed by atoms with Gasteiger partial charge in [0.05, 0.1) is 10.6 Å². The van der Waals surface area contributed by atoms with Crippen LogP contribution in [0.2, 0.25) is 0 Å². The molecule has 0 atom stereocenters. The first-order valence-corrected chi connectivity index (χ1v) is 7.78. The quantitative estimate of drug-likeness (QED) is 0.447. The van der Waals surface area contributed by atoms with E-state index in [-0.39, 0.29) is 10.7 Å². The van der Waals surface area contributed by atoms with Crippen LogP contribution >= 0.6 is 23.6 Å². The number of nitrogens with zero attached hydrogens (tertiary/aromatic N) is 3. The van der Waals surface area contributed by atoms with Gasteiger partial charge in [-0.1, -0.05) is 12.2 Å². The van der Waals surface area contributed by atoms with Crippen LogP contribution in [0.3, 0.4) is 0 Å². The van der Waals surface area contributed by atoms with Crippen LogP contribution in [-0.2, 0) is 0 Å². The molecule has 7 nitrogen and oxygen atoms in total. The molecule has 9 heteroatoms. The maximum absolute atomic E-state index is 12.2. The normalized spacial score (nSPS) is 10.7. The van der Waals surface area contributed by atoms with Crippen molar-refractivity contribution in [2.24, 2.45) is 0 Å². The molecule has 2 heterocycles. The van der Waals surface area contributed by atoms with E-state index in [1.165, 1.54) is 35.6 Å². The summed E-state index contributed by atoms with van der Waals surface area (Å²) in [4.78, 5) is 27.8. The number of nitro groups is 1. The molecule has 0 saturated heterocycles. The summed E-state index contributed by atoms with van der Waals surface area (Å²) in [5.41, 5.74) is 1.61. The number of non-ortho nitro benzene ring substituents is 1. The van der Waals surface area contributed by atoms with Gasteiger partial charge in [-0.25, -0.2) is 4.98 Å². The van der Waals surface area contributed by atoms with Gasteiger partial charge < -0.3 is 5.32 Å². The smallest absolute Gasteiger partial charge is 0.269 e. The number of carbonyl (C=O) groups excluding carboxylic acids is 1. The van der Waals surface area contributed by atoms with Crippen molar-refractivity contribution in [1.29, 1.82) is 0 Å². The van der Waals surface area contributed by atoms with Crippen molar-refractivity contribution < 1.29 is 9.72 Å². The summed E-state index contributed by atoms with van der Waals surface area (Å²) in [7, 11) is 0. The maximum atomic E-state index is 12.2. The predicted octanol–water partition coefficient (Wildman–Crippen LogP) is 2.72. The molecular formula is C14H10N4O3S2. The number of thiazole rings is 1. The molecule has 0 aliphatic rings. The van der Waals surface area contributed by atoms with E-state index < -0.39 is 10.8 Å². The Morgan fingerprint density at radius 1 is 1.39 bits per heavy atom. The van der Waals surface area contributed by atoms with E-state index in [4.69, 9.17) is 12.2 Å². The van der Waals surface area contributed by atoms with Crippen LogP contribution in [0, 0.1) is 17.0 Å². The number of imidazole rings is 1. The molecule has 0 unspecified atom stereocenters. The summed E-state index contributed by atoms with van der Waals surface area (Å²) in [6.45, 7) is 1.82. The van der Waals surface area contributed by atoms with Gasteiger partial charge in [-0.05, 0) is 19.1 Å². The number of thiocarbonyl (C=S) groups is 1. The van der Waals surface area contributed by atoms with Crippen molar-refractivity contribution >= 4 is 45.1 Å². The first kappa shape index (κ1) is 15.3. The molecule has 0 fully saturated rings. The largest absolute Gasteiger partial charge is 0.311 e. The lowest BCUT2D eigenvalue weighted by Gasteiger charge is -2.07. The standard InChI is InChI=1S/C14H10N4O3S2/c1-8-11(17-6-7-23-14(17)15-8)13(22)16-12(19)9-2-4-10(5-3-9)18(20)21/h2-7H,1H3,(H,16,19,22).